The second kappa shape index (κ2) is 6.31. The number of halogens is 1. The molecule has 0 unspecified atom stereocenters. The number of nitrogens with zero attached hydrogens (tertiary/aromatic N) is 1. The molecule has 0 spiro atoms. The van der Waals surface area contributed by atoms with E-state index in [2.05, 4.69) is 10.3 Å². The Morgan fingerprint density at radius 3 is 2.89 bits per heavy atom. The Morgan fingerprint density at radius 2 is 2.22 bits per heavy atom. The highest BCUT2D eigenvalue weighted by atomic mass is 32.2. The average molecular weight is 282 g/mol. The standard InChI is InChI=1S/C13H15FN2S2/c1-3-15-7-10-4-11(14)6-12(5-10)18-13-16-9(2)8-17-13/h4-6,8,15H,3,7H2,1-2H3. The van der Waals surface area contributed by atoms with Crippen molar-refractivity contribution in [2.75, 3.05) is 6.54 Å². The minimum absolute atomic E-state index is 0.193. The molecule has 0 aliphatic rings. The van der Waals surface area contributed by atoms with Crippen LogP contribution in [0, 0.1) is 12.7 Å². The molecule has 5 heteroatoms. The van der Waals surface area contributed by atoms with Crippen molar-refractivity contribution < 1.29 is 4.39 Å². The van der Waals surface area contributed by atoms with E-state index in [4.69, 9.17) is 0 Å². The van der Waals surface area contributed by atoms with Crippen molar-refractivity contribution >= 4 is 23.1 Å². The number of nitrogens with one attached hydrogen (secondary N) is 1. The lowest BCUT2D eigenvalue weighted by Crippen LogP contribution is -2.11. The molecule has 1 N–H and O–H groups in total. The molecule has 1 aromatic heterocycles. The Hall–Kier alpha value is -0.910. The van der Waals surface area contributed by atoms with Gasteiger partial charge in [-0.3, -0.25) is 0 Å². The van der Waals surface area contributed by atoms with Gasteiger partial charge in [0.25, 0.3) is 0 Å². The van der Waals surface area contributed by atoms with Gasteiger partial charge in [0.2, 0.25) is 0 Å². The zero-order valence-corrected chi connectivity index (χ0v) is 12.0. The summed E-state index contributed by atoms with van der Waals surface area (Å²) in [5, 5.41) is 5.20. The number of hydrogen-bond acceptors (Lipinski definition) is 4. The summed E-state index contributed by atoms with van der Waals surface area (Å²) in [5.74, 6) is -0.193. The summed E-state index contributed by atoms with van der Waals surface area (Å²) in [6.07, 6.45) is 0. The van der Waals surface area contributed by atoms with Gasteiger partial charge in [0.1, 0.15) is 5.82 Å². The van der Waals surface area contributed by atoms with Gasteiger partial charge >= 0.3 is 0 Å². The summed E-state index contributed by atoms with van der Waals surface area (Å²) in [7, 11) is 0. The van der Waals surface area contributed by atoms with E-state index in [0.29, 0.717) is 6.54 Å². The van der Waals surface area contributed by atoms with Crippen molar-refractivity contribution in [3.63, 3.8) is 0 Å². The Kier molecular flexibility index (Phi) is 4.74. The molecule has 2 rings (SSSR count). The van der Waals surface area contributed by atoms with Crippen molar-refractivity contribution in [1.29, 1.82) is 0 Å². The van der Waals surface area contributed by atoms with Crippen molar-refractivity contribution in [1.82, 2.24) is 10.3 Å². The van der Waals surface area contributed by atoms with Crippen LogP contribution in [0.3, 0.4) is 0 Å². The molecule has 0 atom stereocenters. The van der Waals surface area contributed by atoms with Crippen molar-refractivity contribution in [2.45, 2.75) is 29.6 Å². The number of aryl methyl sites for hydroxylation is 1. The number of hydrogen-bond donors (Lipinski definition) is 1. The lowest BCUT2D eigenvalue weighted by Gasteiger charge is -2.05. The van der Waals surface area contributed by atoms with Gasteiger partial charge in [0.05, 0.1) is 0 Å². The van der Waals surface area contributed by atoms with Crippen LogP contribution in [0.1, 0.15) is 18.2 Å². The molecule has 0 aliphatic heterocycles. The zero-order valence-electron chi connectivity index (χ0n) is 10.4. The molecule has 18 heavy (non-hydrogen) atoms. The lowest BCUT2D eigenvalue weighted by atomic mass is 10.2. The van der Waals surface area contributed by atoms with Gasteiger partial charge in [-0.2, -0.15) is 0 Å². The molecule has 2 nitrogen and oxygen atoms in total. The molecule has 0 saturated carbocycles. The molecule has 2 aromatic rings. The first-order valence-electron chi connectivity index (χ1n) is 5.77. The Morgan fingerprint density at radius 1 is 1.39 bits per heavy atom. The van der Waals surface area contributed by atoms with Crippen LogP contribution in [0.2, 0.25) is 0 Å². The average Bonchev–Trinajstić information content (AvgIpc) is 2.71. The van der Waals surface area contributed by atoms with Gasteiger partial charge in [-0.15, -0.1) is 11.3 Å². The third-order valence-electron chi connectivity index (χ3n) is 2.31. The van der Waals surface area contributed by atoms with E-state index in [0.717, 1.165) is 27.0 Å². The van der Waals surface area contributed by atoms with Crippen molar-refractivity contribution in [3.8, 4) is 0 Å². The molecule has 0 saturated heterocycles. The van der Waals surface area contributed by atoms with Crippen LogP contribution in [-0.2, 0) is 6.54 Å². The SMILES string of the molecule is CCNCc1cc(F)cc(Sc2nc(C)cs2)c1. The van der Waals surface area contributed by atoms with Gasteiger partial charge in [-0.25, -0.2) is 9.37 Å². The van der Waals surface area contributed by atoms with Crippen molar-refractivity contribution in [2.24, 2.45) is 0 Å². The topological polar surface area (TPSA) is 24.9 Å². The molecule has 0 aliphatic carbocycles. The molecular weight excluding hydrogens is 267 g/mol. The second-order valence-corrected chi connectivity index (χ2v) is 6.11. The maximum atomic E-state index is 13.5. The maximum Gasteiger partial charge on any atom is 0.154 e. The summed E-state index contributed by atoms with van der Waals surface area (Å²) in [5.41, 5.74) is 1.97. The number of rotatable bonds is 5. The fourth-order valence-corrected chi connectivity index (χ4v) is 3.45. The molecule has 1 aromatic carbocycles. The molecule has 0 bridgehead atoms. The largest absolute Gasteiger partial charge is 0.313 e. The molecular formula is C13H15FN2S2. The fraction of sp³-hybridized carbons (Fsp3) is 0.308. The highest BCUT2D eigenvalue weighted by Crippen LogP contribution is 2.31. The Balaban J connectivity index is 2.14. The van der Waals surface area contributed by atoms with Crippen LogP contribution in [0.4, 0.5) is 4.39 Å². The van der Waals surface area contributed by atoms with Gasteiger partial charge in [-0.1, -0.05) is 18.7 Å². The summed E-state index contributed by atoms with van der Waals surface area (Å²) < 4.78 is 14.5. The normalized spacial score (nSPS) is 10.8. The molecule has 0 fully saturated rings. The van der Waals surface area contributed by atoms with E-state index in [1.807, 2.05) is 25.3 Å². The third-order valence-corrected chi connectivity index (χ3v) is 4.34. The lowest BCUT2D eigenvalue weighted by molar-refractivity contribution is 0.617. The van der Waals surface area contributed by atoms with E-state index >= 15 is 0 Å². The number of aromatic nitrogens is 1. The monoisotopic (exact) mass is 282 g/mol. The first-order chi connectivity index (χ1) is 8.67. The highest BCUT2D eigenvalue weighted by molar-refractivity contribution is 8.01. The molecule has 0 amide bonds. The van der Waals surface area contributed by atoms with E-state index in [1.54, 1.807) is 23.5 Å². The number of benzene rings is 1. The number of thiazole rings is 1. The Bertz CT molecular complexity index is 525. The van der Waals surface area contributed by atoms with E-state index < -0.39 is 0 Å². The first kappa shape index (κ1) is 13.5. The van der Waals surface area contributed by atoms with Gasteiger partial charge in [-0.05, 0) is 37.2 Å². The zero-order chi connectivity index (χ0) is 13.0. The highest BCUT2D eigenvalue weighted by Gasteiger charge is 2.05. The molecule has 1 heterocycles. The minimum atomic E-state index is -0.193. The van der Waals surface area contributed by atoms with Crippen LogP contribution in [-0.4, -0.2) is 11.5 Å². The summed E-state index contributed by atoms with van der Waals surface area (Å²) in [6, 6.07) is 5.13. The predicted molar refractivity (Wildman–Crippen MR) is 74.8 cm³/mol. The fourth-order valence-electron chi connectivity index (χ4n) is 1.53. The first-order valence-corrected chi connectivity index (χ1v) is 7.47. The Labute approximate surface area is 115 Å². The van der Waals surface area contributed by atoms with Gasteiger partial charge in [0, 0.05) is 22.5 Å². The van der Waals surface area contributed by atoms with Crippen LogP contribution in [0.5, 0.6) is 0 Å². The van der Waals surface area contributed by atoms with E-state index in [-0.39, 0.29) is 5.82 Å². The predicted octanol–water partition coefficient (Wildman–Crippen LogP) is 3.85. The summed E-state index contributed by atoms with van der Waals surface area (Å²) >= 11 is 3.10. The van der Waals surface area contributed by atoms with Crippen LogP contribution in [0.25, 0.3) is 0 Å². The molecule has 0 radical (unpaired) electrons. The smallest absolute Gasteiger partial charge is 0.154 e. The summed E-state index contributed by atoms with van der Waals surface area (Å²) in [4.78, 5) is 5.27. The van der Waals surface area contributed by atoms with Gasteiger partial charge in [0.15, 0.2) is 4.34 Å². The molecule has 96 valence electrons. The quantitative estimate of drug-likeness (QED) is 0.901. The van der Waals surface area contributed by atoms with Crippen LogP contribution < -0.4 is 5.32 Å². The van der Waals surface area contributed by atoms with E-state index in [9.17, 15) is 4.39 Å². The second-order valence-electron chi connectivity index (χ2n) is 3.93. The summed E-state index contributed by atoms with van der Waals surface area (Å²) in [6.45, 7) is 5.57. The van der Waals surface area contributed by atoms with Gasteiger partial charge < -0.3 is 5.32 Å². The third kappa shape index (κ3) is 3.80. The maximum absolute atomic E-state index is 13.5. The minimum Gasteiger partial charge on any atom is -0.313 e. The van der Waals surface area contributed by atoms with Crippen LogP contribution >= 0.6 is 23.1 Å². The van der Waals surface area contributed by atoms with E-state index in [1.165, 1.54) is 11.8 Å². The van der Waals surface area contributed by atoms with Crippen LogP contribution in [0.15, 0.2) is 32.8 Å². The van der Waals surface area contributed by atoms with Crippen molar-refractivity contribution in [3.05, 3.63) is 40.7 Å².